The molecule has 3 heterocycles. The van der Waals surface area contributed by atoms with Gasteiger partial charge >= 0.3 is 0 Å². The molecule has 1 fully saturated rings. The molecular weight excluding hydrogens is 238 g/mol. The highest BCUT2D eigenvalue weighted by atomic mass is 35.5. The average molecular weight is 252 g/mol. The van der Waals surface area contributed by atoms with Crippen molar-refractivity contribution in [3.05, 3.63) is 29.2 Å². The first kappa shape index (κ1) is 11.0. The van der Waals surface area contributed by atoms with E-state index in [4.69, 9.17) is 16.3 Å². The molecule has 4 nitrogen and oxygen atoms in total. The van der Waals surface area contributed by atoms with Gasteiger partial charge in [-0.3, -0.25) is 0 Å². The van der Waals surface area contributed by atoms with Crippen molar-refractivity contribution in [3.63, 3.8) is 0 Å². The molecule has 1 saturated heterocycles. The SMILES string of the molecule is Clc1cccn2nc(CC3CCCOC3)nc12. The molecule has 1 aliphatic heterocycles. The minimum atomic E-state index is 0.542. The lowest BCUT2D eigenvalue weighted by Gasteiger charge is -2.20. The Morgan fingerprint density at radius 2 is 2.47 bits per heavy atom. The van der Waals surface area contributed by atoms with Gasteiger partial charge in [-0.15, -0.1) is 0 Å². The van der Waals surface area contributed by atoms with Gasteiger partial charge in [-0.25, -0.2) is 9.50 Å². The summed E-state index contributed by atoms with van der Waals surface area (Å²) in [4.78, 5) is 4.47. The summed E-state index contributed by atoms with van der Waals surface area (Å²) in [7, 11) is 0. The Morgan fingerprint density at radius 1 is 1.53 bits per heavy atom. The maximum Gasteiger partial charge on any atom is 0.174 e. The van der Waals surface area contributed by atoms with Crippen LogP contribution in [0.5, 0.6) is 0 Å². The molecule has 0 aliphatic carbocycles. The van der Waals surface area contributed by atoms with E-state index in [1.807, 2.05) is 18.3 Å². The molecule has 1 unspecified atom stereocenters. The number of nitrogens with zero attached hydrogens (tertiary/aromatic N) is 3. The highest BCUT2D eigenvalue weighted by molar-refractivity contribution is 6.33. The van der Waals surface area contributed by atoms with Gasteiger partial charge in [0.1, 0.15) is 0 Å². The Morgan fingerprint density at radius 3 is 3.24 bits per heavy atom. The van der Waals surface area contributed by atoms with Crippen LogP contribution in [-0.4, -0.2) is 27.8 Å². The van der Waals surface area contributed by atoms with Gasteiger partial charge in [0.2, 0.25) is 0 Å². The van der Waals surface area contributed by atoms with E-state index in [0.717, 1.165) is 37.5 Å². The molecule has 0 N–H and O–H groups in total. The molecule has 0 bridgehead atoms. The van der Waals surface area contributed by atoms with Gasteiger partial charge in [-0.1, -0.05) is 11.6 Å². The summed E-state index contributed by atoms with van der Waals surface area (Å²) in [6.07, 6.45) is 5.08. The molecule has 2 aromatic rings. The summed E-state index contributed by atoms with van der Waals surface area (Å²) in [5, 5.41) is 5.08. The summed E-state index contributed by atoms with van der Waals surface area (Å²) < 4.78 is 7.20. The maximum absolute atomic E-state index is 6.07. The zero-order valence-electron chi connectivity index (χ0n) is 9.47. The van der Waals surface area contributed by atoms with Gasteiger partial charge in [-0.2, -0.15) is 5.10 Å². The number of pyridine rings is 1. The van der Waals surface area contributed by atoms with Crippen LogP contribution in [0.4, 0.5) is 0 Å². The van der Waals surface area contributed by atoms with Gasteiger partial charge in [0.25, 0.3) is 0 Å². The second-order valence-electron chi connectivity index (χ2n) is 4.44. The van der Waals surface area contributed by atoms with Crippen molar-refractivity contribution in [3.8, 4) is 0 Å². The van der Waals surface area contributed by atoms with Crippen LogP contribution < -0.4 is 0 Å². The predicted molar refractivity (Wildman–Crippen MR) is 65.2 cm³/mol. The summed E-state index contributed by atoms with van der Waals surface area (Å²) >= 11 is 6.07. The van der Waals surface area contributed by atoms with Gasteiger partial charge in [-0.05, 0) is 30.9 Å². The molecule has 0 aromatic carbocycles. The fourth-order valence-electron chi connectivity index (χ4n) is 2.23. The zero-order chi connectivity index (χ0) is 11.7. The first-order chi connectivity index (χ1) is 8.33. The first-order valence-electron chi connectivity index (χ1n) is 5.90. The van der Waals surface area contributed by atoms with Crippen molar-refractivity contribution in [2.75, 3.05) is 13.2 Å². The van der Waals surface area contributed by atoms with Crippen LogP contribution in [0.25, 0.3) is 5.65 Å². The number of rotatable bonds is 2. The molecule has 0 amide bonds. The lowest BCUT2D eigenvalue weighted by molar-refractivity contribution is 0.0543. The molecule has 17 heavy (non-hydrogen) atoms. The van der Waals surface area contributed by atoms with Gasteiger partial charge < -0.3 is 4.74 Å². The third-order valence-corrected chi connectivity index (χ3v) is 3.38. The third-order valence-electron chi connectivity index (χ3n) is 3.08. The van der Waals surface area contributed by atoms with Gasteiger partial charge in [0, 0.05) is 25.8 Å². The van der Waals surface area contributed by atoms with Crippen molar-refractivity contribution in [1.29, 1.82) is 0 Å². The Labute approximate surface area is 105 Å². The van der Waals surface area contributed by atoms with E-state index in [2.05, 4.69) is 10.1 Å². The number of hydrogen-bond acceptors (Lipinski definition) is 3. The van der Waals surface area contributed by atoms with Crippen molar-refractivity contribution >= 4 is 17.2 Å². The Balaban J connectivity index is 1.83. The summed E-state index contributed by atoms with van der Waals surface area (Å²) in [5.74, 6) is 1.40. The predicted octanol–water partition coefficient (Wildman–Crippen LogP) is 2.35. The van der Waals surface area contributed by atoms with Crippen LogP contribution in [0, 0.1) is 5.92 Å². The quantitative estimate of drug-likeness (QED) is 0.823. The lowest BCUT2D eigenvalue weighted by Crippen LogP contribution is -2.19. The number of hydrogen-bond donors (Lipinski definition) is 0. The summed E-state index contributed by atoms with van der Waals surface area (Å²) in [5.41, 5.74) is 0.737. The molecule has 0 spiro atoms. The maximum atomic E-state index is 6.07. The summed E-state index contributed by atoms with van der Waals surface area (Å²) in [6, 6.07) is 3.70. The fraction of sp³-hybridized carbons (Fsp3) is 0.500. The van der Waals surface area contributed by atoms with Gasteiger partial charge in [0.15, 0.2) is 11.5 Å². The van der Waals surface area contributed by atoms with E-state index in [1.54, 1.807) is 4.52 Å². The van der Waals surface area contributed by atoms with Crippen molar-refractivity contribution < 1.29 is 4.74 Å². The molecule has 0 radical (unpaired) electrons. The lowest BCUT2D eigenvalue weighted by atomic mass is 9.98. The van der Waals surface area contributed by atoms with Crippen LogP contribution in [-0.2, 0) is 11.2 Å². The Hall–Kier alpha value is -1.13. The largest absolute Gasteiger partial charge is 0.381 e. The molecule has 90 valence electrons. The fourth-order valence-corrected chi connectivity index (χ4v) is 2.43. The Kier molecular flexibility index (Phi) is 2.99. The topological polar surface area (TPSA) is 39.4 Å². The minimum Gasteiger partial charge on any atom is -0.381 e. The highest BCUT2D eigenvalue weighted by Crippen LogP contribution is 2.19. The second-order valence-corrected chi connectivity index (χ2v) is 4.85. The average Bonchev–Trinajstić information content (AvgIpc) is 2.74. The number of ether oxygens (including phenoxy) is 1. The number of halogens is 1. The smallest absolute Gasteiger partial charge is 0.174 e. The standard InChI is InChI=1S/C12H14ClN3O/c13-10-4-1-5-16-12(10)14-11(15-16)7-9-3-2-6-17-8-9/h1,4-5,9H,2-3,6-8H2. The third kappa shape index (κ3) is 2.28. The van der Waals surface area contributed by atoms with E-state index < -0.39 is 0 Å². The highest BCUT2D eigenvalue weighted by Gasteiger charge is 2.17. The molecular formula is C12H14ClN3O. The molecule has 5 heteroatoms. The molecule has 1 aliphatic rings. The van der Waals surface area contributed by atoms with E-state index in [1.165, 1.54) is 6.42 Å². The summed E-state index contributed by atoms with van der Waals surface area (Å²) in [6.45, 7) is 1.71. The minimum absolute atomic E-state index is 0.542. The zero-order valence-corrected chi connectivity index (χ0v) is 10.2. The van der Waals surface area contributed by atoms with Crippen LogP contribution in [0.15, 0.2) is 18.3 Å². The molecule has 3 rings (SSSR count). The second kappa shape index (κ2) is 4.63. The van der Waals surface area contributed by atoms with Crippen LogP contribution in [0.1, 0.15) is 18.7 Å². The van der Waals surface area contributed by atoms with E-state index in [-0.39, 0.29) is 0 Å². The number of aromatic nitrogens is 3. The van der Waals surface area contributed by atoms with E-state index in [0.29, 0.717) is 10.9 Å². The van der Waals surface area contributed by atoms with E-state index >= 15 is 0 Å². The molecule has 1 atom stereocenters. The monoisotopic (exact) mass is 251 g/mol. The van der Waals surface area contributed by atoms with Crippen LogP contribution in [0.2, 0.25) is 5.02 Å². The molecule has 0 saturated carbocycles. The number of fused-ring (bicyclic) bond motifs is 1. The van der Waals surface area contributed by atoms with Crippen LogP contribution in [0.3, 0.4) is 0 Å². The first-order valence-corrected chi connectivity index (χ1v) is 6.28. The van der Waals surface area contributed by atoms with Crippen molar-refractivity contribution in [2.45, 2.75) is 19.3 Å². The normalized spacial score (nSPS) is 20.9. The van der Waals surface area contributed by atoms with Crippen molar-refractivity contribution in [2.24, 2.45) is 5.92 Å². The molecule has 2 aromatic heterocycles. The van der Waals surface area contributed by atoms with Gasteiger partial charge in [0.05, 0.1) is 5.02 Å². The Bertz CT molecular complexity index is 519. The van der Waals surface area contributed by atoms with Crippen molar-refractivity contribution in [1.82, 2.24) is 14.6 Å². The van der Waals surface area contributed by atoms with E-state index in [9.17, 15) is 0 Å². The van der Waals surface area contributed by atoms with Crippen LogP contribution >= 0.6 is 11.6 Å².